The lowest BCUT2D eigenvalue weighted by atomic mass is 9.97. The minimum absolute atomic E-state index is 0.0513. The first kappa shape index (κ1) is 20.4. The summed E-state index contributed by atoms with van der Waals surface area (Å²) in [4.78, 5) is 12.5. The zero-order chi connectivity index (χ0) is 21.0. The van der Waals surface area contributed by atoms with E-state index in [4.69, 9.17) is 9.47 Å². The molecule has 4 rings (SSSR count). The number of piperidine rings is 1. The van der Waals surface area contributed by atoms with Crippen molar-refractivity contribution >= 4 is 22.0 Å². The van der Waals surface area contributed by atoms with Crippen LogP contribution in [0, 0.1) is 5.92 Å². The highest BCUT2D eigenvalue weighted by molar-refractivity contribution is 7.92. The zero-order valence-electron chi connectivity index (χ0n) is 16.5. The van der Waals surface area contributed by atoms with Crippen LogP contribution in [-0.2, 0) is 21.4 Å². The Balaban J connectivity index is 1.27. The Morgan fingerprint density at radius 1 is 1.07 bits per heavy atom. The first-order valence-corrected chi connectivity index (χ1v) is 11.4. The predicted molar refractivity (Wildman–Crippen MR) is 113 cm³/mol. The van der Waals surface area contributed by atoms with Gasteiger partial charge in [-0.3, -0.25) is 4.79 Å². The molecule has 0 unspecified atom stereocenters. The van der Waals surface area contributed by atoms with E-state index in [0.717, 1.165) is 11.1 Å². The van der Waals surface area contributed by atoms with Crippen molar-refractivity contribution < 1.29 is 22.7 Å². The molecule has 7 nitrogen and oxygen atoms in total. The van der Waals surface area contributed by atoms with Gasteiger partial charge in [-0.15, -0.1) is 0 Å². The number of carbonyl (C=O) groups is 1. The molecule has 2 aromatic rings. The van der Waals surface area contributed by atoms with Crippen molar-refractivity contribution in [3.63, 3.8) is 0 Å². The molecule has 2 heterocycles. The van der Waals surface area contributed by atoms with Crippen LogP contribution in [-0.4, -0.2) is 38.5 Å². The average molecular weight is 429 g/mol. The van der Waals surface area contributed by atoms with Crippen LogP contribution in [0.5, 0.6) is 11.5 Å². The van der Waals surface area contributed by atoms with Gasteiger partial charge in [0.15, 0.2) is 11.5 Å². The van der Waals surface area contributed by atoms with E-state index in [1.165, 1.54) is 9.71 Å². The molecule has 2 aliphatic heterocycles. The van der Waals surface area contributed by atoms with Crippen LogP contribution >= 0.6 is 0 Å². The molecule has 0 bridgehead atoms. The zero-order valence-corrected chi connectivity index (χ0v) is 17.3. The van der Waals surface area contributed by atoms with E-state index < -0.39 is 10.0 Å². The van der Waals surface area contributed by atoms with Gasteiger partial charge in [-0.1, -0.05) is 36.4 Å². The minimum atomic E-state index is -3.50. The van der Waals surface area contributed by atoms with E-state index >= 15 is 0 Å². The van der Waals surface area contributed by atoms with Crippen molar-refractivity contribution in [1.29, 1.82) is 0 Å². The molecule has 1 fully saturated rings. The normalized spacial score (nSPS) is 17.3. The second-order valence-corrected chi connectivity index (χ2v) is 9.16. The highest BCUT2D eigenvalue weighted by Gasteiger charge is 2.29. The summed E-state index contributed by atoms with van der Waals surface area (Å²) in [7, 11) is -3.50. The molecule has 0 aromatic heterocycles. The van der Waals surface area contributed by atoms with Gasteiger partial charge in [-0.05, 0) is 42.2 Å². The quantitative estimate of drug-likeness (QED) is 0.765. The molecule has 2 aliphatic rings. The molecule has 1 saturated heterocycles. The van der Waals surface area contributed by atoms with Crippen molar-refractivity contribution in [2.24, 2.45) is 5.92 Å². The summed E-state index contributed by atoms with van der Waals surface area (Å²) in [6, 6.07) is 14.9. The molecule has 1 N–H and O–H groups in total. The van der Waals surface area contributed by atoms with E-state index in [0.29, 0.717) is 44.0 Å². The number of hydrogen-bond acceptors (Lipinski definition) is 5. The van der Waals surface area contributed by atoms with Crippen molar-refractivity contribution in [2.75, 3.05) is 19.9 Å². The third-order valence-electron chi connectivity index (χ3n) is 5.32. The minimum Gasteiger partial charge on any atom is -0.454 e. The Labute approximate surface area is 176 Å². The van der Waals surface area contributed by atoms with Crippen LogP contribution in [0.4, 0.5) is 0 Å². The summed E-state index contributed by atoms with van der Waals surface area (Å²) < 4.78 is 37.2. The Hall–Kier alpha value is -2.84. The fourth-order valence-corrected chi connectivity index (χ4v) is 4.79. The van der Waals surface area contributed by atoms with Crippen molar-refractivity contribution in [2.45, 2.75) is 19.4 Å². The molecule has 8 heteroatoms. The van der Waals surface area contributed by atoms with Crippen LogP contribution in [0.3, 0.4) is 0 Å². The van der Waals surface area contributed by atoms with Crippen LogP contribution < -0.4 is 14.8 Å². The number of ether oxygens (including phenoxy) is 2. The van der Waals surface area contributed by atoms with Gasteiger partial charge >= 0.3 is 0 Å². The fraction of sp³-hybridized carbons (Fsp3) is 0.318. The predicted octanol–water partition coefficient (Wildman–Crippen LogP) is 2.74. The maximum atomic E-state index is 12.6. The summed E-state index contributed by atoms with van der Waals surface area (Å²) >= 11 is 0. The number of rotatable bonds is 6. The number of benzene rings is 2. The van der Waals surface area contributed by atoms with Crippen LogP contribution in [0.1, 0.15) is 24.0 Å². The number of carbonyl (C=O) groups excluding carboxylic acids is 1. The van der Waals surface area contributed by atoms with Gasteiger partial charge in [-0.25, -0.2) is 8.42 Å². The molecule has 0 atom stereocenters. The molecule has 30 heavy (non-hydrogen) atoms. The van der Waals surface area contributed by atoms with E-state index in [-0.39, 0.29) is 18.6 Å². The molecule has 0 saturated carbocycles. The highest BCUT2D eigenvalue weighted by atomic mass is 32.2. The highest BCUT2D eigenvalue weighted by Crippen LogP contribution is 2.32. The van der Waals surface area contributed by atoms with E-state index in [2.05, 4.69) is 5.32 Å². The molecule has 1 amide bonds. The average Bonchev–Trinajstić information content (AvgIpc) is 3.25. The Morgan fingerprint density at radius 2 is 1.80 bits per heavy atom. The molecular weight excluding hydrogens is 404 g/mol. The Morgan fingerprint density at radius 3 is 2.57 bits per heavy atom. The maximum Gasteiger partial charge on any atom is 0.236 e. The molecule has 2 aromatic carbocycles. The fourth-order valence-electron chi connectivity index (χ4n) is 3.57. The maximum absolute atomic E-state index is 12.6. The van der Waals surface area contributed by atoms with Crippen LogP contribution in [0.25, 0.3) is 6.08 Å². The number of sulfonamides is 1. The largest absolute Gasteiger partial charge is 0.454 e. The summed E-state index contributed by atoms with van der Waals surface area (Å²) in [5.74, 6) is 1.15. The smallest absolute Gasteiger partial charge is 0.236 e. The second-order valence-electron chi connectivity index (χ2n) is 7.34. The molecule has 0 radical (unpaired) electrons. The lowest BCUT2D eigenvalue weighted by Crippen LogP contribution is -2.42. The van der Waals surface area contributed by atoms with Gasteiger partial charge in [-0.2, -0.15) is 4.31 Å². The lowest BCUT2D eigenvalue weighted by Gasteiger charge is -2.29. The first-order chi connectivity index (χ1) is 14.5. The number of nitrogens with one attached hydrogen (secondary N) is 1. The number of amides is 1. The first-order valence-electron chi connectivity index (χ1n) is 9.91. The molecular formula is C22H24N2O5S. The second kappa shape index (κ2) is 8.89. The summed E-state index contributed by atoms with van der Waals surface area (Å²) in [5, 5.41) is 4.18. The van der Waals surface area contributed by atoms with Crippen LogP contribution in [0.2, 0.25) is 0 Å². The van der Waals surface area contributed by atoms with Gasteiger partial charge in [0.05, 0.1) is 0 Å². The lowest BCUT2D eigenvalue weighted by molar-refractivity contribution is -0.126. The third-order valence-corrected chi connectivity index (χ3v) is 6.89. The van der Waals surface area contributed by atoms with Crippen molar-refractivity contribution in [3.8, 4) is 11.5 Å². The van der Waals surface area contributed by atoms with Crippen molar-refractivity contribution in [1.82, 2.24) is 9.62 Å². The Bertz CT molecular complexity index is 1030. The number of hydrogen-bond donors (Lipinski definition) is 1. The summed E-state index contributed by atoms with van der Waals surface area (Å²) in [6.45, 7) is 1.29. The monoisotopic (exact) mass is 428 g/mol. The summed E-state index contributed by atoms with van der Waals surface area (Å²) in [5.41, 5.74) is 1.76. The molecule has 158 valence electrons. The standard InChI is InChI=1S/C22H24N2O5S/c25-22(23-15-18-6-7-20-21(14-18)29-16-28-20)19-8-11-24(12-9-19)30(26,27)13-10-17-4-2-1-3-5-17/h1-7,10,13-14,19H,8-9,11-12,15-16H2,(H,23,25). The SMILES string of the molecule is O=C(NCc1ccc2c(c1)OCO2)C1CCN(S(=O)(=O)C=Cc2ccccc2)CC1. The van der Waals surface area contributed by atoms with Gasteiger partial charge < -0.3 is 14.8 Å². The van der Waals surface area contributed by atoms with E-state index in [1.807, 2.05) is 48.5 Å². The van der Waals surface area contributed by atoms with E-state index in [9.17, 15) is 13.2 Å². The van der Waals surface area contributed by atoms with Gasteiger partial charge in [0.1, 0.15) is 0 Å². The summed E-state index contributed by atoms with van der Waals surface area (Å²) in [6.07, 6.45) is 2.61. The molecule has 0 aliphatic carbocycles. The number of fused-ring (bicyclic) bond motifs is 1. The van der Waals surface area contributed by atoms with E-state index in [1.54, 1.807) is 6.08 Å². The topological polar surface area (TPSA) is 84.9 Å². The van der Waals surface area contributed by atoms with Crippen molar-refractivity contribution in [3.05, 3.63) is 65.1 Å². The Kier molecular flexibility index (Phi) is 6.06. The third kappa shape index (κ3) is 4.83. The number of nitrogens with zero attached hydrogens (tertiary/aromatic N) is 1. The van der Waals surface area contributed by atoms with Gasteiger partial charge in [0.25, 0.3) is 0 Å². The van der Waals surface area contributed by atoms with Gasteiger partial charge in [0.2, 0.25) is 22.7 Å². The molecule has 0 spiro atoms. The van der Waals surface area contributed by atoms with Crippen LogP contribution in [0.15, 0.2) is 53.9 Å². The van der Waals surface area contributed by atoms with Gasteiger partial charge in [0, 0.05) is 31.0 Å².